The van der Waals surface area contributed by atoms with Crippen LogP contribution < -0.4 is 0 Å². The number of aliphatic hydroxyl groups excluding tert-OH is 1. The Morgan fingerprint density at radius 2 is 1.94 bits per heavy atom. The van der Waals surface area contributed by atoms with Crippen molar-refractivity contribution in [3.63, 3.8) is 0 Å². The standard InChI is InChI=1S/C13H24O3/c1-3-11(13(15)16-4-2)12(14)10-8-6-5-7-9-10/h10-12,14H,3-9H2,1-2H3. The van der Waals surface area contributed by atoms with Crippen LogP contribution in [-0.4, -0.2) is 23.8 Å². The van der Waals surface area contributed by atoms with E-state index < -0.39 is 6.10 Å². The minimum Gasteiger partial charge on any atom is -0.466 e. The molecule has 0 heterocycles. The van der Waals surface area contributed by atoms with Crippen molar-refractivity contribution in [2.24, 2.45) is 11.8 Å². The summed E-state index contributed by atoms with van der Waals surface area (Å²) in [6.07, 6.45) is 5.89. The van der Waals surface area contributed by atoms with E-state index in [1.54, 1.807) is 6.92 Å². The van der Waals surface area contributed by atoms with Crippen LogP contribution >= 0.6 is 0 Å². The van der Waals surface area contributed by atoms with Gasteiger partial charge in [-0.2, -0.15) is 0 Å². The van der Waals surface area contributed by atoms with Crippen molar-refractivity contribution < 1.29 is 14.6 Å². The van der Waals surface area contributed by atoms with Crippen LogP contribution in [0.5, 0.6) is 0 Å². The molecule has 94 valence electrons. The van der Waals surface area contributed by atoms with Gasteiger partial charge in [0.1, 0.15) is 0 Å². The lowest BCUT2D eigenvalue weighted by Gasteiger charge is -2.30. The highest BCUT2D eigenvalue weighted by Crippen LogP contribution is 2.31. The van der Waals surface area contributed by atoms with Crippen molar-refractivity contribution in [3.05, 3.63) is 0 Å². The summed E-state index contributed by atoms with van der Waals surface area (Å²) < 4.78 is 5.01. The molecule has 2 unspecified atom stereocenters. The number of rotatable bonds is 5. The second kappa shape index (κ2) is 6.89. The topological polar surface area (TPSA) is 46.5 Å². The van der Waals surface area contributed by atoms with Crippen LogP contribution in [0, 0.1) is 11.8 Å². The van der Waals surface area contributed by atoms with Crippen molar-refractivity contribution in [2.75, 3.05) is 6.61 Å². The van der Waals surface area contributed by atoms with Crippen molar-refractivity contribution in [3.8, 4) is 0 Å². The highest BCUT2D eigenvalue weighted by molar-refractivity contribution is 5.73. The quantitative estimate of drug-likeness (QED) is 0.735. The fourth-order valence-electron chi connectivity index (χ4n) is 2.60. The third-order valence-corrected chi connectivity index (χ3v) is 3.57. The minimum atomic E-state index is -0.510. The molecule has 1 saturated carbocycles. The van der Waals surface area contributed by atoms with E-state index >= 15 is 0 Å². The molecule has 0 radical (unpaired) electrons. The molecule has 3 heteroatoms. The first-order valence-electron chi connectivity index (χ1n) is 6.55. The van der Waals surface area contributed by atoms with Gasteiger partial charge in [0.15, 0.2) is 0 Å². The second-order valence-electron chi connectivity index (χ2n) is 4.66. The molecule has 0 aromatic heterocycles. The van der Waals surface area contributed by atoms with E-state index in [-0.39, 0.29) is 11.9 Å². The maximum absolute atomic E-state index is 11.7. The van der Waals surface area contributed by atoms with Crippen molar-refractivity contribution in [1.29, 1.82) is 0 Å². The maximum Gasteiger partial charge on any atom is 0.311 e. The summed E-state index contributed by atoms with van der Waals surface area (Å²) in [4.78, 5) is 11.7. The van der Waals surface area contributed by atoms with Gasteiger partial charge in [0, 0.05) is 0 Å². The van der Waals surface area contributed by atoms with Crippen molar-refractivity contribution >= 4 is 5.97 Å². The molecule has 0 aromatic rings. The van der Waals surface area contributed by atoms with Crippen LogP contribution in [0.3, 0.4) is 0 Å². The van der Waals surface area contributed by atoms with Crippen molar-refractivity contribution in [1.82, 2.24) is 0 Å². The van der Waals surface area contributed by atoms with Gasteiger partial charge in [0.05, 0.1) is 18.6 Å². The number of hydrogen-bond acceptors (Lipinski definition) is 3. The molecule has 0 spiro atoms. The molecule has 1 rings (SSSR count). The summed E-state index contributed by atoms with van der Waals surface area (Å²) in [6, 6.07) is 0. The lowest BCUT2D eigenvalue weighted by atomic mass is 9.79. The Morgan fingerprint density at radius 1 is 1.31 bits per heavy atom. The molecule has 0 aromatic carbocycles. The zero-order chi connectivity index (χ0) is 12.0. The molecule has 1 fully saturated rings. The third kappa shape index (κ3) is 3.48. The van der Waals surface area contributed by atoms with Gasteiger partial charge >= 0.3 is 5.97 Å². The molecular formula is C13H24O3. The lowest BCUT2D eigenvalue weighted by Crippen LogP contribution is -2.36. The van der Waals surface area contributed by atoms with E-state index in [0.29, 0.717) is 18.9 Å². The van der Waals surface area contributed by atoms with Crippen LogP contribution in [-0.2, 0) is 9.53 Å². The van der Waals surface area contributed by atoms with Gasteiger partial charge in [-0.15, -0.1) is 0 Å². The number of carbonyl (C=O) groups is 1. The van der Waals surface area contributed by atoms with Gasteiger partial charge in [-0.3, -0.25) is 4.79 Å². The maximum atomic E-state index is 11.7. The first-order valence-corrected chi connectivity index (χ1v) is 6.55. The fourth-order valence-corrected chi connectivity index (χ4v) is 2.60. The van der Waals surface area contributed by atoms with Crippen LogP contribution in [0.25, 0.3) is 0 Å². The van der Waals surface area contributed by atoms with E-state index in [1.807, 2.05) is 6.92 Å². The first kappa shape index (κ1) is 13.5. The Labute approximate surface area is 98.2 Å². The molecule has 16 heavy (non-hydrogen) atoms. The molecule has 0 aliphatic heterocycles. The molecular weight excluding hydrogens is 204 g/mol. The highest BCUT2D eigenvalue weighted by Gasteiger charge is 2.33. The predicted octanol–water partition coefficient (Wildman–Crippen LogP) is 2.52. The summed E-state index contributed by atoms with van der Waals surface area (Å²) in [5, 5.41) is 10.2. The summed E-state index contributed by atoms with van der Waals surface area (Å²) in [6.45, 7) is 4.14. The van der Waals surface area contributed by atoms with Gasteiger partial charge < -0.3 is 9.84 Å². The Balaban J connectivity index is 2.53. The Bertz CT molecular complexity index is 209. The zero-order valence-electron chi connectivity index (χ0n) is 10.4. The van der Waals surface area contributed by atoms with Gasteiger partial charge in [-0.1, -0.05) is 26.2 Å². The number of hydrogen-bond donors (Lipinski definition) is 1. The summed E-state index contributed by atoms with van der Waals surface area (Å²) >= 11 is 0. The summed E-state index contributed by atoms with van der Waals surface area (Å²) in [7, 11) is 0. The van der Waals surface area contributed by atoms with Gasteiger partial charge in [0.25, 0.3) is 0 Å². The van der Waals surface area contributed by atoms with Crippen molar-refractivity contribution in [2.45, 2.75) is 58.5 Å². The minimum absolute atomic E-state index is 0.233. The SMILES string of the molecule is CCOC(=O)C(CC)C(O)C1CCCCC1. The molecule has 3 nitrogen and oxygen atoms in total. The lowest BCUT2D eigenvalue weighted by molar-refractivity contribution is -0.154. The van der Waals surface area contributed by atoms with Gasteiger partial charge in [0.2, 0.25) is 0 Å². The Hall–Kier alpha value is -0.570. The largest absolute Gasteiger partial charge is 0.466 e. The van der Waals surface area contributed by atoms with Gasteiger partial charge in [-0.25, -0.2) is 0 Å². The van der Waals surface area contributed by atoms with E-state index in [9.17, 15) is 9.90 Å². The van der Waals surface area contributed by atoms with Crippen LogP contribution in [0.4, 0.5) is 0 Å². The highest BCUT2D eigenvalue weighted by atomic mass is 16.5. The fraction of sp³-hybridized carbons (Fsp3) is 0.923. The third-order valence-electron chi connectivity index (χ3n) is 3.57. The molecule has 1 aliphatic carbocycles. The molecule has 2 atom stereocenters. The van der Waals surface area contributed by atoms with E-state index in [1.165, 1.54) is 19.3 Å². The number of aliphatic hydroxyl groups is 1. The smallest absolute Gasteiger partial charge is 0.311 e. The number of carbonyl (C=O) groups excluding carboxylic acids is 1. The van der Waals surface area contributed by atoms with E-state index in [4.69, 9.17) is 4.74 Å². The average Bonchev–Trinajstić information content (AvgIpc) is 2.31. The normalized spacial score (nSPS) is 21.4. The number of ether oxygens (including phenoxy) is 1. The average molecular weight is 228 g/mol. The Morgan fingerprint density at radius 3 is 2.44 bits per heavy atom. The van der Waals surface area contributed by atoms with E-state index in [2.05, 4.69) is 0 Å². The number of esters is 1. The summed E-state index contributed by atoms with van der Waals surface area (Å²) in [5.74, 6) is -0.269. The van der Waals surface area contributed by atoms with Gasteiger partial charge in [-0.05, 0) is 32.1 Å². The first-order chi connectivity index (χ1) is 7.70. The molecule has 0 bridgehead atoms. The van der Waals surface area contributed by atoms with E-state index in [0.717, 1.165) is 12.8 Å². The van der Waals surface area contributed by atoms with Crippen LogP contribution in [0.1, 0.15) is 52.4 Å². The molecule has 1 aliphatic rings. The summed E-state index contributed by atoms with van der Waals surface area (Å²) in [5.41, 5.74) is 0. The zero-order valence-corrected chi connectivity index (χ0v) is 10.4. The molecule has 1 N–H and O–H groups in total. The van der Waals surface area contributed by atoms with Crippen LogP contribution in [0.2, 0.25) is 0 Å². The van der Waals surface area contributed by atoms with Crippen LogP contribution in [0.15, 0.2) is 0 Å². The predicted molar refractivity (Wildman–Crippen MR) is 63.0 cm³/mol. The second-order valence-corrected chi connectivity index (χ2v) is 4.66. The monoisotopic (exact) mass is 228 g/mol. The molecule has 0 amide bonds. The Kier molecular flexibility index (Phi) is 5.81. The molecule has 0 saturated heterocycles.